The maximum atomic E-state index is 13.1. The van der Waals surface area contributed by atoms with Crippen molar-refractivity contribution in [1.29, 1.82) is 0 Å². The molecule has 0 saturated carbocycles. The number of benzene rings is 2. The van der Waals surface area contributed by atoms with Gasteiger partial charge in [0.15, 0.2) is 0 Å². The minimum atomic E-state index is -0.300. The SMILES string of the molecule is COc1cccc2c1cc1c(=O)n(CC(=O)NCCCN3CCc4ccccc4C3)nc(C)n12. The maximum Gasteiger partial charge on any atom is 0.291 e. The Balaban J connectivity index is 1.21. The Morgan fingerprint density at radius 1 is 1.12 bits per heavy atom. The van der Waals surface area contributed by atoms with Crippen molar-refractivity contribution in [3.05, 3.63) is 75.8 Å². The molecule has 1 amide bonds. The number of nitrogens with zero attached hydrogens (tertiary/aromatic N) is 4. The van der Waals surface area contributed by atoms with Gasteiger partial charge in [0, 0.05) is 31.6 Å². The van der Waals surface area contributed by atoms with Gasteiger partial charge in [0.25, 0.3) is 5.56 Å². The van der Waals surface area contributed by atoms with Crippen molar-refractivity contribution in [2.24, 2.45) is 0 Å². The fourth-order valence-corrected chi connectivity index (χ4v) is 4.86. The Bertz CT molecular complexity index is 1420. The van der Waals surface area contributed by atoms with Crippen LogP contribution in [0.25, 0.3) is 16.4 Å². The summed E-state index contributed by atoms with van der Waals surface area (Å²) in [5.74, 6) is 1.12. The van der Waals surface area contributed by atoms with Crippen molar-refractivity contribution in [2.45, 2.75) is 32.9 Å². The third-order valence-corrected chi connectivity index (χ3v) is 6.54. The third-order valence-electron chi connectivity index (χ3n) is 6.54. The molecule has 0 fully saturated rings. The number of carbonyl (C=O) groups excluding carboxylic acids is 1. The number of amides is 1. The zero-order valence-corrected chi connectivity index (χ0v) is 19.6. The van der Waals surface area contributed by atoms with Crippen molar-refractivity contribution in [3.63, 3.8) is 0 Å². The first kappa shape index (κ1) is 22.2. The van der Waals surface area contributed by atoms with Gasteiger partial charge < -0.3 is 10.1 Å². The molecule has 0 spiro atoms. The van der Waals surface area contributed by atoms with Crippen LogP contribution in [0, 0.1) is 6.92 Å². The summed E-state index contributed by atoms with van der Waals surface area (Å²) in [6.07, 6.45) is 1.93. The minimum Gasteiger partial charge on any atom is -0.496 e. The fraction of sp³-hybridized carbons (Fsp3) is 0.346. The standard InChI is InChI=1S/C26H29N5O3/c1-18-28-30(26(33)23-15-21-22(31(18)23)9-5-10-24(21)34-2)17-25(32)27-12-6-13-29-14-11-19-7-3-4-8-20(19)16-29/h3-5,7-10,15H,6,11-14,16-17H2,1-2H3,(H,27,32). The first-order valence-corrected chi connectivity index (χ1v) is 11.7. The van der Waals surface area contributed by atoms with E-state index in [0.29, 0.717) is 23.6 Å². The van der Waals surface area contributed by atoms with E-state index in [1.54, 1.807) is 13.2 Å². The molecule has 1 N–H and O–H groups in total. The summed E-state index contributed by atoms with van der Waals surface area (Å²) in [7, 11) is 1.61. The van der Waals surface area contributed by atoms with Gasteiger partial charge in [-0.25, -0.2) is 4.68 Å². The molecule has 1 aliphatic heterocycles. The van der Waals surface area contributed by atoms with Gasteiger partial charge in [-0.05, 0) is 49.1 Å². The van der Waals surface area contributed by atoms with Crippen LogP contribution in [0.15, 0.2) is 53.3 Å². The van der Waals surface area contributed by atoms with Crippen LogP contribution in [0.2, 0.25) is 0 Å². The Kier molecular flexibility index (Phi) is 6.06. The maximum absolute atomic E-state index is 13.1. The van der Waals surface area contributed by atoms with Crippen LogP contribution in [-0.4, -0.2) is 51.7 Å². The number of methoxy groups -OCH3 is 1. The van der Waals surface area contributed by atoms with Gasteiger partial charge in [-0.2, -0.15) is 5.10 Å². The van der Waals surface area contributed by atoms with Gasteiger partial charge in [0.1, 0.15) is 23.6 Å². The van der Waals surface area contributed by atoms with E-state index in [1.165, 1.54) is 15.8 Å². The van der Waals surface area contributed by atoms with Gasteiger partial charge in [0.2, 0.25) is 5.91 Å². The van der Waals surface area contributed by atoms with Crippen molar-refractivity contribution in [1.82, 2.24) is 24.4 Å². The predicted molar refractivity (Wildman–Crippen MR) is 131 cm³/mol. The highest BCUT2D eigenvalue weighted by Crippen LogP contribution is 2.28. The summed E-state index contributed by atoms with van der Waals surface area (Å²) < 4.78 is 8.49. The van der Waals surface area contributed by atoms with Crippen molar-refractivity contribution in [3.8, 4) is 5.75 Å². The number of rotatable bonds is 7. The van der Waals surface area contributed by atoms with E-state index >= 15 is 0 Å². The Morgan fingerprint density at radius 3 is 2.76 bits per heavy atom. The molecule has 1 aliphatic rings. The first-order valence-electron chi connectivity index (χ1n) is 11.7. The van der Waals surface area contributed by atoms with E-state index in [-0.39, 0.29) is 18.0 Å². The molecule has 2 aromatic carbocycles. The van der Waals surface area contributed by atoms with Crippen LogP contribution >= 0.6 is 0 Å². The second kappa shape index (κ2) is 9.30. The number of hydrogen-bond donors (Lipinski definition) is 1. The third kappa shape index (κ3) is 4.17. The largest absolute Gasteiger partial charge is 0.496 e. The zero-order chi connectivity index (χ0) is 23.7. The summed E-state index contributed by atoms with van der Waals surface area (Å²) in [6.45, 7) is 5.22. The highest BCUT2D eigenvalue weighted by molar-refractivity contribution is 5.92. The lowest BCUT2D eigenvalue weighted by molar-refractivity contribution is -0.121. The highest BCUT2D eigenvalue weighted by atomic mass is 16.5. The lowest BCUT2D eigenvalue weighted by atomic mass is 10.00. The molecular formula is C26H29N5O3. The number of aromatic nitrogens is 3. The summed E-state index contributed by atoms with van der Waals surface area (Å²) in [5.41, 5.74) is 3.86. The second-order valence-electron chi connectivity index (χ2n) is 8.77. The molecule has 0 unspecified atom stereocenters. The van der Waals surface area contributed by atoms with Gasteiger partial charge in [0.05, 0.1) is 12.6 Å². The van der Waals surface area contributed by atoms with Crippen LogP contribution in [0.1, 0.15) is 23.4 Å². The average Bonchev–Trinajstić information content (AvgIpc) is 3.25. The normalized spacial score (nSPS) is 13.8. The molecule has 176 valence electrons. The van der Waals surface area contributed by atoms with E-state index in [0.717, 1.165) is 43.4 Å². The lowest BCUT2D eigenvalue weighted by Gasteiger charge is -2.28. The second-order valence-corrected chi connectivity index (χ2v) is 8.77. The number of fused-ring (bicyclic) bond motifs is 4. The molecule has 4 aromatic rings. The van der Waals surface area contributed by atoms with Gasteiger partial charge >= 0.3 is 0 Å². The van der Waals surface area contributed by atoms with E-state index < -0.39 is 0 Å². The summed E-state index contributed by atoms with van der Waals surface area (Å²) in [5, 5.41) is 8.18. The molecule has 5 rings (SSSR count). The van der Waals surface area contributed by atoms with Gasteiger partial charge in [-0.3, -0.25) is 18.9 Å². The molecule has 8 heteroatoms. The van der Waals surface area contributed by atoms with Crippen LogP contribution in [0.3, 0.4) is 0 Å². The summed E-state index contributed by atoms with van der Waals surface area (Å²) in [4.78, 5) is 28.0. The monoisotopic (exact) mass is 459 g/mol. The van der Waals surface area contributed by atoms with Crippen LogP contribution in [0.5, 0.6) is 5.75 Å². The van der Waals surface area contributed by atoms with Crippen LogP contribution < -0.4 is 15.6 Å². The van der Waals surface area contributed by atoms with Gasteiger partial charge in [-0.1, -0.05) is 30.3 Å². The number of aryl methyl sites for hydroxylation is 1. The lowest BCUT2D eigenvalue weighted by Crippen LogP contribution is -2.37. The molecular weight excluding hydrogens is 430 g/mol. The molecule has 34 heavy (non-hydrogen) atoms. The molecule has 8 nitrogen and oxygen atoms in total. The van der Waals surface area contributed by atoms with E-state index in [9.17, 15) is 9.59 Å². The summed E-state index contributed by atoms with van der Waals surface area (Å²) >= 11 is 0. The van der Waals surface area contributed by atoms with Crippen LogP contribution in [-0.2, 0) is 24.3 Å². The predicted octanol–water partition coefficient (Wildman–Crippen LogP) is 2.53. The fourth-order valence-electron chi connectivity index (χ4n) is 4.86. The van der Waals surface area contributed by atoms with Crippen molar-refractivity contribution >= 4 is 22.3 Å². The number of hydrogen-bond acceptors (Lipinski definition) is 5. The topological polar surface area (TPSA) is 80.9 Å². The molecule has 0 bridgehead atoms. The van der Waals surface area contributed by atoms with Crippen molar-refractivity contribution in [2.75, 3.05) is 26.7 Å². The smallest absolute Gasteiger partial charge is 0.291 e. The Labute approximate surface area is 197 Å². The highest BCUT2D eigenvalue weighted by Gasteiger charge is 2.17. The zero-order valence-electron chi connectivity index (χ0n) is 19.6. The van der Waals surface area contributed by atoms with E-state index in [2.05, 4.69) is 39.6 Å². The Morgan fingerprint density at radius 2 is 1.94 bits per heavy atom. The molecule has 0 atom stereocenters. The molecule has 3 heterocycles. The number of nitrogens with one attached hydrogen (secondary N) is 1. The van der Waals surface area contributed by atoms with E-state index in [1.807, 2.05) is 29.5 Å². The van der Waals surface area contributed by atoms with E-state index in [4.69, 9.17) is 4.74 Å². The molecule has 0 saturated heterocycles. The van der Waals surface area contributed by atoms with Crippen LogP contribution in [0.4, 0.5) is 0 Å². The molecule has 2 aromatic heterocycles. The summed E-state index contributed by atoms with van der Waals surface area (Å²) in [6, 6.07) is 16.1. The quantitative estimate of drug-likeness (QED) is 0.430. The van der Waals surface area contributed by atoms with Gasteiger partial charge in [-0.15, -0.1) is 0 Å². The molecule has 0 radical (unpaired) electrons. The molecule has 0 aliphatic carbocycles. The number of carbonyl (C=O) groups is 1. The average molecular weight is 460 g/mol. The first-order chi connectivity index (χ1) is 16.5. The number of ether oxygens (including phenoxy) is 1. The Hall–Kier alpha value is -3.65. The van der Waals surface area contributed by atoms with Crippen molar-refractivity contribution < 1.29 is 9.53 Å². The minimum absolute atomic E-state index is 0.105.